The van der Waals surface area contributed by atoms with Gasteiger partial charge in [0.15, 0.2) is 10.9 Å². The Hall–Kier alpha value is -2.35. The molecule has 134 valence electrons. The minimum absolute atomic E-state index is 0.0374. The van der Waals surface area contributed by atoms with Gasteiger partial charge in [-0.3, -0.25) is 14.2 Å². The van der Waals surface area contributed by atoms with E-state index in [0.29, 0.717) is 29.4 Å². The number of nitrogens with one attached hydrogen (secondary N) is 2. The van der Waals surface area contributed by atoms with Crippen LogP contribution < -0.4 is 11.0 Å². The number of hydrogen-bond acceptors (Lipinski definition) is 5. The van der Waals surface area contributed by atoms with Crippen molar-refractivity contribution >= 4 is 29.1 Å². The maximum Gasteiger partial charge on any atom is 0.343 e. The van der Waals surface area contributed by atoms with Crippen LogP contribution in [0.3, 0.4) is 0 Å². The van der Waals surface area contributed by atoms with E-state index in [2.05, 4.69) is 15.5 Å². The van der Waals surface area contributed by atoms with Crippen molar-refractivity contribution in [2.75, 3.05) is 11.1 Å². The van der Waals surface area contributed by atoms with Crippen LogP contribution in [-0.2, 0) is 11.3 Å². The fourth-order valence-electron chi connectivity index (χ4n) is 2.24. The monoisotopic (exact) mass is 362 g/mol. The molecule has 0 spiro atoms. The lowest BCUT2D eigenvalue weighted by Crippen LogP contribution is -2.17. The van der Waals surface area contributed by atoms with Gasteiger partial charge in [0.05, 0.1) is 5.75 Å². The van der Waals surface area contributed by atoms with Crippen molar-refractivity contribution in [3.63, 3.8) is 0 Å². The summed E-state index contributed by atoms with van der Waals surface area (Å²) in [4.78, 5) is 35.5. The third-order valence-electron chi connectivity index (χ3n) is 3.47. The number of carbonyl (C=O) groups is 2. The summed E-state index contributed by atoms with van der Waals surface area (Å²) in [5, 5.41) is 9.66. The fraction of sp³-hybridized carbons (Fsp3) is 0.412. The molecule has 8 heteroatoms. The van der Waals surface area contributed by atoms with E-state index in [4.69, 9.17) is 0 Å². The SMILES string of the molecule is CCCC(=O)Nc1ccc(C(=O)CSc2n[nH]c(=O)n2CCC)cc1. The summed E-state index contributed by atoms with van der Waals surface area (Å²) in [6, 6.07) is 6.81. The van der Waals surface area contributed by atoms with Crippen LogP contribution >= 0.6 is 11.8 Å². The number of thioether (sulfide) groups is 1. The average molecular weight is 362 g/mol. The highest BCUT2D eigenvalue weighted by Crippen LogP contribution is 2.17. The van der Waals surface area contributed by atoms with Crippen LogP contribution in [-0.4, -0.2) is 32.2 Å². The molecule has 0 saturated heterocycles. The van der Waals surface area contributed by atoms with E-state index in [-0.39, 0.29) is 23.1 Å². The standard InChI is InChI=1S/C17H22N4O3S/c1-3-5-15(23)18-13-8-6-12(7-9-13)14(22)11-25-17-20-19-16(24)21(17)10-4-2/h6-9H,3-5,10-11H2,1-2H3,(H,18,23)(H,19,24). The van der Waals surface area contributed by atoms with Gasteiger partial charge in [0.1, 0.15) is 0 Å². The third kappa shape index (κ3) is 5.32. The Kier molecular flexibility index (Phi) is 7.00. The van der Waals surface area contributed by atoms with Gasteiger partial charge >= 0.3 is 5.69 Å². The summed E-state index contributed by atoms with van der Waals surface area (Å²) in [7, 11) is 0. The summed E-state index contributed by atoms with van der Waals surface area (Å²) in [5.41, 5.74) is 0.969. The average Bonchev–Trinajstić information content (AvgIpc) is 2.94. The lowest BCUT2D eigenvalue weighted by molar-refractivity contribution is -0.116. The highest BCUT2D eigenvalue weighted by Gasteiger charge is 2.12. The zero-order valence-electron chi connectivity index (χ0n) is 14.4. The molecule has 0 unspecified atom stereocenters. The Morgan fingerprint density at radius 2 is 1.92 bits per heavy atom. The first kappa shape index (κ1) is 19.0. The van der Waals surface area contributed by atoms with Crippen molar-refractivity contribution in [3.05, 3.63) is 40.3 Å². The van der Waals surface area contributed by atoms with E-state index in [0.717, 1.165) is 12.8 Å². The zero-order chi connectivity index (χ0) is 18.2. The molecule has 0 aliphatic carbocycles. The molecule has 0 atom stereocenters. The molecule has 2 N–H and O–H groups in total. The van der Waals surface area contributed by atoms with Gasteiger partial charge in [0.25, 0.3) is 0 Å². The Balaban J connectivity index is 1.95. The molecular weight excluding hydrogens is 340 g/mol. The van der Waals surface area contributed by atoms with Gasteiger partial charge in [-0.2, -0.15) is 0 Å². The van der Waals surface area contributed by atoms with Gasteiger partial charge in [-0.15, -0.1) is 5.10 Å². The molecule has 7 nitrogen and oxygen atoms in total. The molecule has 2 aromatic rings. The number of aromatic nitrogens is 3. The highest BCUT2D eigenvalue weighted by atomic mass is 32.2. The van der Waals surface area contributed by atoms with Crippen LogP contribution in [0.25, 0.3) is 0 Å². The number of aromatic amines is 1. The van der Waals surface area contributed by atoms with Gasteiger partial charge in [-0.25, -0.2) is 9.89 Å². The Labute approximate surface area is 150 Å². The molecular formula is C17H22N4O3S. The van der Waals surface area contributed by atoms with E-state index in [1.807, 2.05) is 13.8 Å². The number of ketones is 1. The lowest BCUT2D eigenvalue weighted by Gasteiger charge is -2.06. The maximum atomic E-state index is 12.3. The van der Waals surface area contributed by atoms with Crippen molar-refractivity contribution in [1.29, 1.82) is 0 Å². The maximum absolute atomic E-state index is 12.3. The largest absolute Gasteiger partial charge is 0.343 e. The van der Waals surface area contributed by atoms with Gasteiger partial charge in [0, 0.05) is 24.2 Å². The number of amides is 1. The van der Waals surface area contributed by atoms with Gasteiger partial charge < -0.3 is 5.32 Å². The summed E-state index contributed by atoms with van der Waals surface area (Å²) in [6.07, 6.45) is 2.07. The molecule has 2 rings (SSSR count). The van der Waals surface area contributed by atoms with Gasteiger partial charge in [0.2, 0.25) is 5.91 Å². The second-order valence-electron chi connectivity index (χ2n) is 5.55. The molecule has 25 heavy (non-hydrogen) atoms. The fourth-order valence-corrected chi connectivity index (χ4v) is 3.10. The molecule has 0 aliphatic rings. The van der Waals surface area contributed by atoms with Crippen molar-refractivity contribution in [2.24, 2.45) is 0 Å². The van der Waals surface area contributed by atoms with E-state index in [1.165, 1.54) is 16.3 Å². The van der Waals surface area contributed by atoms with Crippen LogP contribution in [0.5, 0.6) is 0 Å². The lowest BCUT2D eigenvalue weighted by atomic mass is 10.1. The van der Waals surface area contributed by atoms with Gasteiger partial charge in [-0.1, -0.05) is 25.6 Å². The van der Waals surface area contributed by atoms with Crippen molar-refractivity contribution in [3.8, 4) is 0 Å². The molecule has 0 radical (unpaired) electrons. The second kappa shape index (κ2) is 9.22. The van der Waals surface area contributed by atoms with E-state index < -0.39 is 0 Å². The molecule has 1 aromatic carbocycles. The Morgan fingerprint density at radius 3 is 2.56 bits per heavy atom. The summed E-state index contributed by atoms with van der Waals surface area (Å²) < 4.78 is 1.53. The van der Waals surface area contributed by atoms with Crippen LogP contribution in [0.15, 0.2) is 34.2 Å². The molecule has 0 aliphatic heterocycles. The molecule has 1 aromatic heterocycles. The van der Waals surface area contributed by atoms with E-state index in [9.17, 15) is 14.4 Å². The predicted molar refractivity (Wildman–Crippen MR) is 98.2 cm³/mol. The number of nitrogens with zero attached hydrogens (tertiary/aromatic N) is 2. The van der Waals surface area contributed by atoms with Crippen LogP contribution in [0.4, 0.5) is 5.69 Å². The summed E-state index contributed by atoms with van der Waals surface area (Å²) in [5.74, 6) is 0.0923. The molecule has 0 bridgehead atoms. The van der Waals surface area contributed by atoms with Gasteiger partial charge in [-0.05, 0) is 37.1 Å². The number of H-pyrrole nitrogens is 1. The zero-order valence-corrected chi connectivity index (χ0v) is 15.2. The van der Waals surface area contributed by atoms with Crippen molar-refractivity contribution in [1.82, 2.24) is 14.8 Å². The van der Waals surface area contributed by atoms with Crippen LogP contribution in [0.1, 0.15) is 43.5 Å². The molecule has 0 saturated carbocycles. The van der Waals surface area contributed by atoms with Crippen LogP contribution in [0, 0.1) is 0 Å². The number of anilines is 1. The number of carbonyl (C=O) groups excluding carboxylic acids is 2. The van der Waals surface area contributed by atoms with Crippen molar-refractivity contribution < 1.29 is 9.59 Å². The number of Topliss-reactive ketones (excluding diaryl/α,β-unsaturated/α-hetero) is 1. The van der Waals surface area contributed by atoms with Crippen LogP contribution in [0.2, 0.25) is 0 Å². The predicted octanol–water partition coefficient (Wildman–Crippen LogP) is 2.70. The molecule has 1 heterocycles. The topological polar surface area (TPSA) is 96.8 Å². The molecule has 0 fully saturated rings. The first-order valence-electron chi connectivity index (χ1n) is 8.26. The quantitative estimate of drug-likeness (QED) is 0.528. The number of rotatable bonds is 9. The normalized spacial score (nSPS) is 10.6. The van der Waals surface area contributed by atoms with Crippen molar-refractivity contribution in [2.45, 2.75) is 44.8 Å². The summed E-state index contributed by atoms with van der Waals surface area (Å²) in [6.45, 7) is 4.48. The first-order valence-corrected chi connectivity index (χ1v) is 9.24. The third-order valence-corrected chi connectivity index (χ3v) is 4.45. The first-order chi connectivity index (χ1) is 12.0. The number of hydrogen-bond donors (Lipinski definition) is 2. The highest BCUT2D eigenvalue weighted by molar-refractivity contribution is 7.99. The van der Waals surface area contributed by atoms with E-state index >= 15 is 0 Å². The van der Waals surface area contributed by atoms with E-state index in [1.54, 1.807) is 24.3 Å². The Morgan fingerprint density at radius 1 is 1.20 bits per heavy atom. The smallest absolute Gasteiger partial charge is 0.326 e. The summed E-state index contributed by atoms with van der Waals surface area (Å²) >= 11 is 1.23. The minimum atomic E-state index is -0.260. The number of benzene rings is 1. The second-order valence-corrected chi connectivity index (χ2v) is 6.49. The molecule has 1 amide bonds. The minimum Gasteiger partial charge on any atom is -0.326 e. The Bertz CT molecular complexity index is 780.